The van der Waals surface area contributed by atoms with Gasteiger partial charge in [-0.2, -0.15) is 0 Å². The topological polar surface area (TPSA) is 0 Å². The van der Waals surface area contributed by atoms with Crippen molar-refractivity contribution in [3.05, 3.63) is 0 Å². The molecule has 0 aliphatic heterocycles. The van der Waals surface area contributed by atoms with Gasteiger partial charge in [0, 0.05) is 40.2 Å². The van der Waals surface area contributed by atoms with Crippen molar-refractivity contribution >= 4 is 156 Å². The molecule has 0 unspecified atom stereocenters. The van der Waals surface area contributed by atoms with E-state index in [0.29, 0.717) is 0 Å². The maximum atomic E-state index is 0. The molecule has 2 radical (unpaired) electrons. The minimum Gasteiger partial charge on any atom is 0 e. The summed E-state index contributed by atoms with van der Waals surface area (Å²) < 4.78 is 0. The molecule has 0 fully saturated rings. The van der Waals surface area contributed by atoms with Crippen LogP contribution in [-0.4, -0.2) is 156 Å². The van der Waals surface area contributed by atoms with E-state index in [1.807, 2.05) is 0 Å². The molecule has 0 aromatic rings. The van der Waals surface area contributed by atoms with E-state index in [4.69, 9.17) is 0 Å². The standard InChI is InChI=1S/9Al.2Ir.27H. The largest absolute Gasteiger partial charge is 0.187 e. The molecule has 11 heavy (non-hydrogen) atoms. The van der Waals surface area contributed by atoms with Crippen LogP contribution >= 0.6 is 0 Å². The Morgan fingerprint density at radius 1 is 0.182 bits per heavy atom. The maximum absolute atomic E-state index is 0. The normalized spacial score (nSPS) is 0. The van der Waals surface area contributed by atoms with Crippen LogP contribution in [0.4, 0.5) is 0 Å². The number of hydrogen-bond donors (Lipinski definition) is 0. The van der Waals surface area contributed by atoms with Gasteiger partial charge >= 0.3 is 0 Å². The summed E-state index contributed by atoms with van der Waals surface area (Å²) in [6.07, 6.45) is 0. The first-order valence-corrected chi connectivity index (χ1v) is 0. The second-order valence-corrected chi connectivity index (χ2v) is 0. The summed E-state index contributed by atoms with van der Waals surface area (Å²) in [4.78, 5) is 0. The third-order valence-corrected chi connectivity index (χ3v) is 0. The monoisotopic (exact) mass is 656 g/mol. The fraction of sp³-hybridized carbons (Fsp3) is 0. The van der Waals surface area contributed by atoms with Gasteiger partial charge in [-0.3, -0.25) is 0 Å². The Hall–Kier alpha value is 6.09. The van der Waals surface area contributed by atoms with Crippen LogP contribution in [0.2, 0.25) is 0 Å². The molecule has 0 saturated heterocycles. The molecule has 0 atom stereocenters. The zero-order valence-electron chi connectivity index (χ0n) is 0.667. The number of hydrogen-bond acceptors (Lipinski definition) is 0. The van der Waals surface area contributed by atoms with Crippen molar-refractivity contribution in [2.24, 2.45) is 0 Å². The Balaban J connectivity index is 0. The van der Waals surface area contributed by atoms with Crippen molar-refractivity contribution in [1.29, 1.82) is 0 Å². The summed E-state index contributed by atoms with van der Waals surface area (Å²) in [6.45, 7) is 0. The van der Waals surface area contributed by atoms with E-state index < -0.39 is 0 Å². The molecule has 0 rings (SSSR count). The Bertz CT molecular complexity index is 7.52. The van der Waals surface area contributed by atoms with Crippen molar-refractivity contribution in [3.8, 4) is 0 Å². The average molecular weight is 654 g/mol. The zero-order chi connectivity index (χ0) is 0. The Morgan fingerprint density at radius 2 is 0.182 bits per heavy atom. The maximum Gasteiger partial charge on any atom is 0.187 e. The second-order valence-electron chi connectivity index (χ2n) is 0. The number of rotatable bonds is 0. The van der Waals surface area contributed by atoms with Gasteiger partial charge < -0.3 is 0 Å². The van der Waals surface area contributed by atoms with E-state index in [0.717, 1.165) is 0 Å². The van der Waals surface area contributed by atoms with Gasteiger partial charge in [-0.05, 0) is 0 Å². The molecule has 0 aromatic heterocycles. The summed E-state index contributed by atoms with van der Waals surface area (Å²) in [5.41, 5.74) is 0. The Labute approximate surface area is 192 Å². The Kier molecular flexibility index (Phi) is 1070. The van der Waals surface area contributed by atoms with Gasteiger partial charge in [0.15, 0.2) is 156 Å². The minimum atomic E-state index is 0. The van der Waals surface area contributed by atoms with Crippen LogP contribution in [0.1, 0.15) is 0 Å². The van der Waals surface area contributed by atoms with E-state index in [1.54, 1.807) is 0 Å². The molecule has 0 amide bonds. The third-order valence-electron chi connectivity index (χ3n) is 0. The molecule has 0 aromatic carbocycles. The van der Waals surface area contributed by atoms with Gasteiger partial charge in [-0.1, -0.05) is 0 Å². The van der Waals surface area contributed by atoms with Gasteiger partial charge in [-0.15, -0.1) is 0 Å². The van der Waals surface area contributed by atoms with Gasteiger partial charge in [0.25, 0.3) is 0 Å². The van der Waals surface area contributed by atoms with E-state index in [9.17, 15) is 0 Å². The van der Waals surface area contributed by atoms with E-state index in [1.165, 1.54) is 0 Å². The molecule has 0 N–H and O–H groups in total. The molecule has 72 valence electrons. The van der Waals surface area contributed by atoms with E-state index in [-0.39, 0.29) is 196 Å². The zero-order valence-corrected chi connectivity index (χ0v) is 5.46. The van der Waals surface area contributed by atoms with Gasteiger partial charge in [0.1, 0.15) is 0 Å². The molecule has 0 spiro atoms. The van der Waals surface area contributed by atoms with Crippen LogP contribution in [0.5, 0.6) is 0 Å². The van der Waals surface area contributed by atoms with E-state index >= 15 is 0 Å². The molecular weight excluding hydrogens is 627 g/mol. The molecule has 0 saturated carbocycles. The quantitative estimate of drug-likeness (QED) is 0.228. The summed E-state index contributed by atoms with van der Waals surface area (Å²) in [6, 6.07) is 0. The van der Waals surface area contributed by atoms with Gasteiger partial charge in [0.05, 0.1) is 0 Å². The minimum absolute atomic E-state index is 0. The Morgan fingerprint density at radius 3 is 0.182 bits per heavy atom. The first-order valence-electron chi connectivity index (χ1n) is 0. The fourth-order valence-electron chi connectivity index (χ4n) is 0. The van der Waals surface area contributed by atoms with Crippen molar-refractivity contribution in [2.45, 2.75) is 0 Å². The molecule has 0 aliphatic rings. The van der Waals surface area contributed by atoms with Crippen molar-refractivity contribution < 1.29 is 40.2 Å². The van der Waals surface area contributed by atoms with Crippen LogP contribution in [0.15, 0.2) is 0 Å². The van der Waals surface area contributed by atoms with Crippen LogP contribution in [0, 0.1) is 0 Å². The fourth-order valence-corrected chi connectivity index (χ4v) is 0. The van der Waals surface area contributed by atoms with Crippen molar-refractivity contribution in [2.75, 3.05) is 0 Å². The second kappa shape index (κ2) is 98.8. The molecule has 0 nitrogen and oxygen atoms in total. The molecule has 0 heterocycles. The van der Waals surface area contributed by atoms with Crippen LogP contribution in [0.25, 0.3) is 0 Å². The smallest absolute Gasteiger partial charge is 0 e. The van der Waals surface area contributed by atoms with Crippen LogP contribution in [0.3, 0.4) is 0 Å². The van der Waals surface area contributed by atoms with Crippen LogP contribution < -0.4 is 0 Å². The summed E-state index contributed by atoms with van der Waals surface area (Å²) >= 11 is 0. The first kappa shape index (κ1) is 119. The predicted molar refractivity (Wildman–Crippen MR) is 89.5 cm³/mol. The summed E-state index contributed by atoms with van der Waals surface area (Å²) in [5.74, 6) is 0. The van der Waals surface area contributed by atoms with Crippen molar-refractivity contribution in [1.82, 2.24) is 0 Å². The third kappa shape index (κ3) is 86.1. The average Bonchev–Trinajstić information content (AvgIpc) is 0. The first-order chi connectivity index (χ1) is 0. The molecule has 11 heteroatoms. The SMILES string of the molecule is [AlH3].[AlH3].[AlH3].[AlH3].[AlH3].[AlH3].[AlH3].[AlH3].[AlH3].[Ir].[Ir]. The molecular formula is H27Al9Ir2. The summed E-state index contributed by atoms with van der Waals surface area (Å²) in [5, 5.41) is 0. The predicted octanol–water partition coefficient (Wildman–Crippen LogP) is -10.7. The van der Waals surface area contributed by atoms with E-state index in [2.05, 4.69) is 0 Å². The summed E-state index contributed by atoms with van der Waals surface area (Å²) in [7, 11) is 0. The van der Waals surface area contributed by atoms with Crippen LogP contribution in [-0.2, 0) is 40.2 Å². The molecule has 0 bridgehead atoms. The molecule has 0 aliphatic carbocycles. The van der Waals surface area contributed by atoms with Crippen molar-refractivity contribution in [3.63, 3.8) is 0 Å². The van der Waals surface area contributed by atoms with Gasteiger partial charge in [0.2, 0.25) is 0 Å². The van der Waals surface area contributed by atoms with Gasteiger partial charge in [-0.25, -0.2) is 0 Å².